The molecule has 21 heavy (non-hydrogen) atoms. The van der Waals surface area contributed by atoms with Gasteiger partial charge in [-0.15, -0.1) is 0 Å². The number of rotatable bonds is 6. The largest absolute Gasteiger partial charge is 0.377 e. The number of sulfonamides is 1. The number of carbonyl (C=O) groups excluding carboxylic acids is 1. The van der Waals surface area contributed by atoms with Crippen LogP contribution < -0.4 is 10.5 Å². The molecule has 1 aromatic rings. The van der Waals surface area contributed by atoms with Crippen molar-refractivity contribution in [2.45, 2.75) is 38.7 Å². The third-order valence-electron chi connectivity index (χ3n) is 3.03. The van der Waals surface area contributed by atoms with Gasteiger partial charge in [0.2, 0.25) is 10.0 Å². The first-order valence-corrected chi connectivity index (χ1v) is 8.21. The van der Waals surface area contributed by atoms with E-state index in [9.17, 15) is 13.2 Å². The minimum Gasteiger partial charge on any atom is -0.377 e. The smallest absolute Gasteiger partial charge is 0.251 e. The summed E-state index contributed by atoms with van der Waals surface area (Å²) in [7, 11) is -3.85. The Hall–Kier alpha value is -1.44. The van der Waals surface area contributed by atoms with Crippen LogP contribution in [0.3, 0.4) is 0 Å². The van der Waals surface area contributed by atoms with E-state index in [0.717, 1.165) is 0 Å². The first-order valence-electron chi connectivity index (χ1n) is 6.66. The lowest BCUT2D eigenvalue weighted by Crippen LogP contribution is -2.28. The second kappa shape index (κ2) is 7.02. The minimum atomic E-state index is -3.85. The maximum absolute atomic E-state index is 12.0. The number of carbonyl (C=O) groups is 1. The van der Waals surface area contributed by atoms with Crippen LogP contribution in [0.15, 0.2) is 17.0 Å². The number of benzene rings is 1. The van der Waals surface area contributed by atoms with Gasteiger partial charge in [-0.1, -0.05) is 0 Å². The lowest BCUT2D eigenvalue weighted by molar-refractivity contribution is 0.0746. The number of ether oxygens (including phenoxy) is 1. The fourth-order valence-electron chi connectivity index (χ4n) is 1.81. The monoisotopic (exact) mass is 314 g/mol. The Bertz CT molecular complexity index is 624. The Morgan fingerprint density at radius 3 is 2.48 bits per heavy atom. The van der Waals surface area contributed by atoms with E-state index in [1.54, 1.807) is 19.9 Å². The van der Waals surface area contributed by atoms with Crippen LogP contribution in [-0.2, 0) is 14.8 Å². The fraction of sp³-hybridized carbons (Fsp3) is 0.500. The molecule has 0 aliphatic carbocycles. The van der Waals surface area contributed by atoms with E-state index in [-0.39, 0.29) is 22.5 Å². The second-order valence-electron chi connectivity index (χ2n) is 5.14. The predicted molar refractivity (Wildman–Crippen MR) is 80.7 cm³/mol. The molecule has 0 aliphatic rings. The molecular weight excluding hydrogens is 292 g/mol. The van der Waals surface area contributed by atoms with Gasteiger partial charge in [-0.2, -0.15) is 0 Å². The summed E-state index contributed by atoms with van der Waals surface area (Å²) in [6.45, 7) is 7.97. The molecule has 1 amide bonds. The topological polar surface area (TPSA) is 98.5 Å². The van der Waals surface area contributed by atoms with Crippen molar-refractivity contribution in [2.75, 3.05) is 13.2 Å². The normalized spacial score (nSPS) is 11.7. The number of nitrogens with one attached hydrogen (secondary N) is 1. The molecule has 0 aliphatic heterocycles. The highest BCUT2D eigenvalue weighted by atomic mass is 32.2. The van der Waals surface area contributed by atoms with Crippen LogP contribution in [0.25, 0.3) is 0 Å². The van der Waals surface area contributed by atoms with Crippen molar-refractivity contribution in [3.63, 3.8) is 0 Å². The quantitative estimate of drug-likeness (QED) is 0.768. The number of hydrogen-bond acceptors (Lipinski definition) is 4. The number of amides is 1. The van der Waals surface area contributed by atoms with Crippen LogP contribution in [0, 0.1) is 13.8 Å². The average Bonchev–Trinajstić information content (AvgIpc) is 2.35. The Kier molecular flexibility index (Phi) is 5.88. The summed E-state index contributed by atoms with van der Waals surface area (Å²) in [5, 5.41) is 7.85. The van der Waals surface area contributed by atoms with E-state index in [1.807, 2.05) is 13.8 Å². The highest BCUT2D eigenvalue weighted by Gasteiger charge is 2.17. The Balaban J connectivity index is 2.89. The van der Waals surface area contributed by atoms with Crippen LogP contribution in [-0.4, -0.2) is 33.6 Å². The molecule has 6 nitrogen and oxygen atoms in total. The van der Waals surface area contributed by atoms with Crippen molar-refractivity contribution in [3.05, 3.63) is 28.8 Å². The second-order valence-corrected chi connectivity index (χ2v) is 6.67. The van der Waals surface area contributed by atoms with E-state index < -0.39 is 10.0 Å². The molecule has 0 saturated carbocycles. The standard InChI is InChI=1S/C14H22N2O4S/c1-9(2)20-6-5-16-14(17)12-7-10(3)11(4)13(8-12)21(15,18)19/h7-9H,5-6H2,1-4H3,(H,16,17)(H2,15,18,19). The van der Waals surface area contributed by atoms with Crippen molar-refractivity contribution in [2.24, 2.45) is 5.14 Å². The van der Waals surface area contributed by atoms with Crippen molar-refractivity contribution >= 4 is 15.9 Å². The van der Waals surface area contributed by atoms with Gasteiger partial charge in [0.05, 0.1) is 17.6 Å². The highest BCUT2D eigenvalue weighted by molar-refractivity contribution is 7.89. The molecule has 0 radical (unpaired) electrons. The Morgan fingerprint density at radius 1 is 1.33 bits per heavy atom. The maximum atomic E-state index is 12.0. The number of primary sulfonamides is 1. The number of aryl methyl sites for hydroxylation is 1. The fourth-order valence-corrected chi connectivity index (χ4v) is 2.69. The lowest BCUT2D eigenvalue weighted by Gasteiger charge is -2.12. The SMILES string of the molecule is Cc1cc(C(=O)NCCOC(C)C)cc(S(N)(=O)=O)c1C. The summed E-state index contributed by atoms with van der Waals surface area (Å²) in [6.07, 6.45) is 0.0949. The first kappa shape index (κ1) is 17.6. The molecule has 0 saturated heterocycles. The third kappa shape index (κ3) is 5.11. The first-order chi connectivity index (χ1) is 9.62. The van der Waals surface area contributed by atoms with E-state index in [2.05, 4.69) is 5.32 Å². The molecule has 7 heteroatoms. The molecule has 0 spiro atoms. The maximum Gasteiger partial charge on any atom is 0.251 e. The zero-order chi connectivity index (χ0) is 16.2. The van der Waals surface area contributed by atoms with Crippen LogP contribution in [0.5, 0.6) is 0 Å². The van der Waals surface area contributed by atoms with Gasteiger partial charge in [0.25, 0.3) is 5.91 Å². The lowest BCUT2D eigenvalue weighted by atomic mass is 10.1. The Morgan fingerprint density at radius 2 is 1.95 bits per heavy atom. The zero-order valence-corrected chi connectivity index (χ0v) is 13.6. The van der Waals surface area contributed by atoms with E-state index in [1.165, 1.54) is 6.07 Å². The van der Waals surface area contributed by atoms with Crippen molar-refractivity contribution in [3.8, 4) is 0 Å². The summed E-state index contributed by atoms with van der Waals surface area (Å²) >= 11 is 0. The highest BCUT2D eigenvalue weighted by Crippen LogP contribution is 2.20. The molecule has 1 aromatic carbocycles. The molecule has 1 rings (SSSR count). The van der Waals surface area contributed by atoms with Gasteiger partial charge in [0, 0.05) is 12.1 Å². The van der Waals surface area contributed by atoms with Crippen LogP contribution in [0.4, 0.5) is 0 Å². The molecule has 118 valence electrons. The number of hydrogen-bond donors (Lipinski definition) is 2. The van der Waals surface area contributed by atoms with Crippen molar-refractivity contribution in [1.82, 2.24) is 5.32 Å². The molecule has 0 bridgehead atoms. The van der Waals surface area contributed by atoms with Crippen LogP contribution in [0.1, 0.15) is 35.3 Å². The van der Waals surface area contributed by atoms with E-state index in [4.69, 9.17) is 9.88 Å². The molecular formula is C14H22N2O4S. The van der Waals surface area contributed by atoms with Gasteiger partial charge >= 0.3 is 0 Å². The summed E-state index contributed by atoms with van der Waals surface area (Å²) in [6, 6.07) is 2.94. The molecule has 0 aromatic heterocycles. The van der Waals surface area contributed by atoms with Gasteiger partial charge in [-0.3, -0.25) is 4.79 Å². The summed E-state index contributed by atoms with van der Waals surface area (Å²) < 4.78 is 28.4. The molecule has 0 heterocycles. The van der Waals surface area contributed by atoms with E-state index >= 15 is 0 Å². The van der Waals surface area contributed by atoms with E-state index in [0.29, 0.717) is 24.3 Å². The third-order valence-corrected chi connectivity index (χ3v) is 4.06. The Labute approximate surface area is 125 Å². The number of nitrogens with two attached hydrogens (primary N) is 1. The zero-order valence-electron chi connectivity index (χ0n) is 12.8. The average molecular weight is 314 g/mol. The van der Waals surface area contributed by atoms with Crippen LogP contribution >= 0.6 is 0 Å². The summed E-state index contributed by atoms with van der Waals surface area (Å²) in [5.41, 5.74) is 1.52. The molecule has 0 atom stereocenters. The van der Waals surface area contributed by atoms with Crippen molar-refractivity contribution < 1.29 is 17.9 Å². The van der Waals surface area contributed by atoms with Gasteiger partial charge < -0.3 is 10.1 Å². The van der Waals surface area contributed by atoms with Gasteiger partial charge in [0.15, 0.2) is 0 Å². The van der Waals surface area contributed by atoms with Gasteiger partial charge in [0.1, 0.15) is 0 Å². The van der Waals surface area contributed by atoms with Crippen molar-refractivity contribution in [1.29, 1.82) is 0 Å². The summed E-state index contributed by atoms with van der Waals surface area (Å²) in [4.78, 5) is 12.0. The van der Waals surface area contributed by atoms with Gasteiger partial charge in [-0.25, -0.2) is 13.6 Å². The molecule has 0 unspecified atom stereocenters. The predicted octanol–water partition coefficient (Wildman–Crippen LogP) is 1.11. The molecule has 0 fully saturated rings. The molecule has 3 N–H and O–H groups in total. The summed E-state index contributed by atoms with van der Waals surface area (Å²) in [5.74, 6) is -0.352. The van der Waals surface area contributed by atoms with Gasteiger partial charge in [-0.05, 0) is 51.0 Å². The van der Waals surface area contributed by atoms with Crippen LogP contribution in [0.2, 0.25) is 0 Å². The minimum absolute atomic E-state index is 0.0221.